The summed E-state index contributed by atoms with van der Waals surface area (Å²) >= 11 is 2.11. The Bertz CT molecular complexity index is 250. The highest BCUT2D eigenvalue weighted by atomic mass is 127. The largest absolute Gasteiger partial charge is 0.330 e. The molecule has 1 nitrogen and oxygen atoms in total. The smallest absolute Gasteiger partial charge is 0.124 e. The van der Waals surface area contributed by atoms with Crippen molar-refractivity contribution in [1.82, 2.24) is 0 Å². The van der Waals surface area contributed by atoms with E-state index in [4.69, 9.17) is 5.73 Å². The lowest BCUT2D eigenvalue weighted by atomic mass is 10.1. The van der Waals surface area contributed by atoms with Gasteiger partial charge in [0.1, 0.15) is 5.82 Å². The number of halogens is 2. The molecule has 2 N–H and O–H groups in total. The zero-order valence-corrected chi connectivity index (χ0v) is 8.14. The van der Waals surface area contributed by atoms with Crippen LogP contribution in [0.3, 0.4) is 0 Å². The molecular weight excluding hydrogens is 256 g/mol. The van der Waals surface area contributed by atoms with Crippen LogP contribution in [0.25, 0.3) is 0 Å². The topological polar surface area (TPSA) is 26.0 Å². The van der Waals surface area contributed by atoms with Gasteiger partial charge in [0.2, 0.25) is 0 Å². The van der Waals surface area contributed by atoms with Crippen LogP contribution < -0.4 is 5.73 Å². The molecule has 0 heterocycles. The number of nitrogens with two attached hydrogens (primary N) is 1. The Morgan fingerprint density at radius 2 is 2.18 bits per heavy atom. The normalized spacial score (nSPS) is 10.1. The Hall–Kier alpha value is -0.160. The molecule has 1 aromatic rings. The lowest BCUT2D eigenvalue weighted by Gasteiger charge is -2.01. The maximum Gasteiger partial charge on any atom is 0.124 e. The molecule has 0 atom stereocenters. The van der Waals surface area contributed by atoms with Gasteiger partial charge in [0.05, 0.1) is 0 Å². The van der Waals surface area contributed by atoms with Crippen molar-refractivity contribution in [3.05, 3.63) is 33.1 Å². The Morgan fingerprint density at radius 3 is 2.73 bits per heavy atom. The summed E-state index contributed by atoms with van der Waals surface area (Å²) < 4.78 is 13.5. The lowest BCUT2D eigenvalue weighted by molar-refractivity contribution is 0.625. The molecule has 1 aromatic carbocycles. The number of rotatable bonds is 2. The van der Waals surface area contributed by atoms with Crippen LogP contribution >= 0.6 is 22.6 Å². The van der Waals surface area contributed by atoms with E-state index in [9.17, 15) is 4.39 Å². The Balaban J connectivity index is 2.90. The molecule has 0 spiro atoms. The second-order valence-corrected chi connectivity index (χ2v) is 3.44. The van der Waals surface area contributed by atoms with E-state index in [-0.39, 0.29) is 5.82 Å². The second kappa shape index (κ2) is 4.01. The van der Waals surface area contributed by atoms with Gasteiger partial charge < -0.3 is 5.73 Å². The molecule has 0 saturated heterocycles. The van der Waals surface area contributed by atoms with E-state index in [0.29, 0.717) is 6.54 Å². The number of hydrogen-bond donors (Lipinski definition) is 1. The van der Waals surface area contributed by atoms with Gasteiger partial charge in [0.15, 0.2) is 0 Å². The summed E-state index contributed by atoms with van der Waals surface area (Å²) in [6.07, 6.45) is 0.818. The molecular formula is C8H9FIN. The van der Waals surface area contributed by atoms with Crippen LogP contribution in [-0.2, 0) is 6.42 Å². The summed E-state index contributed by atoms with van der Waals surface area (Å²) in [5, 5.41) is 0. The summed E-state index contributed by atoms with van der Waals surface area (Å²) in [7, 11) is 0. The Morgan fingerprint density at radius 1 is 1.45 bits per heavy atom. The average molecular weight is 265 g/mol. The fourth-order valence-corrected chi connectivity index (χ4v) is 1.63. The van der Waals surface area contributed by atoms with Crippen molar-refractivity contribution in [3.8, 4) is 0 Å². The third-order valence-corrected chi connectivity index (χ3v) is 2.43. The first kappa shape index (κ1) is 8.93. The van der Waals surface area contributed by atoms with E-state index < -0.39 is 0 Å². The van der Waals surface area contributed by atoms with Crippen molar-refractivity contribution in [2.45, 2.75) is 6.42 Å². The Kier molecular flexibility index (Phi) is 3.26. The maximum atomic E-state index is 12.6. The second-order valence-electron chi connectivity index (χ2n) is 2.27. The molecule has 0 saturated carbocycles. The summed E-state index contributed by atoms with van der Waals surface area (Å²) in [5.74, 6) is -0.185. The predicted molar refractivity (Wildman–Crippen MR) is 51.9 cm³/mol. The average Bonchev–Trinajstić information content (AvgIpc) is 1.95. The number of benzene rings is 1. The lowest BCUT2D eigenvalue weighted by Crippen LogP contribution is -2.04. The van der Waals surface area contributed by atoms with Crippen molar-refractivity contribution >= 4 is 22.6 Å². The highest BCUT2D eigenvalue weighted by Crippen LogP contribution is 2.13. The zero-order chi connectivity index (χ0) is 8.27. The molecule has 0 aliphatic carbocycles. The first-order valence-corrected chi connectivity index (χ1v) is 4.46. The summed E-state index contributed by atoms with van der Waals surface area (Å²) in [5.41, 5.74) is 6.49. The van der Waals surface area contributed by atoms with Crippen LogP contribution in [0, 0.1) is 9.39 Å². The van der Waals surface area contributed by atoms with E-state index in [1.54, 1.807) is 6.07 Å². The molecule has 3 heteroatoms. The molecule has 0 aromatic heterocycles. The summed E-state index contributed by atoms with van der Waals surface area (Å²) in [4.78, 5) is 0. The third-order valence-electron chi connectivity index (χ3n) is 1.43. The fourth-order valence-electron chi connectivity index (χ4n) is 0.880. The maximum absolute atomic E-state index is 12.6. The molecule has 0 fully saturated rings. The van der Waals surface area contributed by atoms with Crippen molar-refractivity contribution in [3.63, 3.8) is 0 Å². The van der Waals surface area contributed by atoms with Crippen molar-refractivity contribution in [2.24, 2.45) is 5.73 Å². The SMILES string of the molecule is NCCc1ccc(F)cc1I. The summed E-state index contributed by atoms with van der Waals surface area (Å²) in [6.45, 7) is 0.613. The fraction of sp³-hybridized carbons (Fsp3) is 0.250. The first-order chi connectivity index (χ1) is 5.24. The van der Waals surface area contributed by atoms with Crippen LogP contribution in [0.2, 0.25) is 0 Å². The third kappa shape index (κ3) is 2.41. The van der Waals surface area contributed by atoms with E-state index in [2.05, 4.69) is 22.6 Å². The zero-order valence-electron chi connectivity index (χ0n) is 5.98. The van der Waals surface area contributed by atoms with Crippen LogP contribution in [0.1, 0.15) is 5.56 Å². The molecule has 0 amide bonds. The molecule has 0 bridgehead atoms. The standard InChI is InChI=1S/C8H9FIN/c9-7-2-1-6(3-4-11)8(10)5-7/h1-2,5H,3-4,11H2. The molecule has 0 unspecified atom stereocenters. The molecule has 60 valence electrons. The van der Waals surface area contributed by atoms with Gasteiger partial charge >= 0.3 is 0 Å². The minimum atomic E-state index is -0.185. The van der Waals surface area contributed by atoms with E-state index in [1.165, 1.54) is 12.1 Å². The van der Waals surface area contributed by atoms with Crippen LogP contribution in [0.4, 0.5) is 4.39 Å². The first-order valence-electron chi connectivity index (χ1n) is 3.38. The predicted octanol–water partition coefficient (Wildman–Crippen LogP) is 1.93. The molecule has 0 aliphatic heterocycles. The van der Waals surface area contributed by atoms with Crippen LogP contribution in [0.5, 0.6) is 0 Å². The van der Waals surface area contributed by atoms with Gasteiger partial charge in [0.25, 0.3) is 0 Å². The van der Waals surface area contributed by atoms with Gasteiger partial charge in [-0.15, -0.1) is 0 Å². The Labute approximate surface area is 78.9 Å². The molecule has 0 radical (unpaired) electrons. The van der Waals surface area contributed by atoms with E-state index in [1.807, 2.05) is 0 Å². The van der Waals surface area contributed by atoms with Gasteiger partial charge in [0, 0.05) is 3.57 Å². The van der Waals surface area contributed by atoms with Gasteiger partial charge in [-0.3, -0.25) is 0 Å². The summed E-state index contributed by atoms with van der Waals surface area (Å²) in [6, 6.07) is 4.77. The van der Waals surface area contributed by atoms with E-state index in [0.717, 1.165) is 15.6 Å². The minimum absolute atomic E-state index is 0.185. The van der Waals surface area contributed by atoms with Crippen molar-refractivity contribution in [2.75, 3.05) is 6.54 Å². The highest BCUT2D eigenvalue weighted by molar-refractivity contribution is 14.1. The molecule has 1 rings (SSSR count). The minimum Gasteiger partial charge on any atom is -0.330 e. The highest BCUT2D eigenvalue weighted by Gasteiger charge is 1.98. The van der Waals surface area contributed by atoms with Crippen LogP contribution in [-0.4, -0.2) is 6.54 Å². The van der Waals surface area contributed by atoms with Gasteiger partial charge in [-0.05, 0) is 53.3 Å². The van der Waals surface area contributed by atoms with Gasteiger partial charge in [-0.2, -0.15) is 0 Å². The quantitative estimate of drug-likeness (QED) is 0.812. The van der Waals surface area contributed by atoms with Crippen molar-refractivity contribution in [1.29, 1.82) is 0 Å². The van der Waals surface area contributed by atoms with E-state index >= 15 is 0 Å². The monoisotopic (exact) mass is 265 g/mol. The van der Waals surface area contributed by atoms with Gasteiger partial charge in [-0.25, -0.2) is 4.39 Å². The van der Waals surface area contributed by atoms with Gasteiger partial charge in [-0.1, -0.05) is 6.07 Å². The number of hydrogen-bond acceptors (Lipinski definition) is 1. The molecule has 0 aliphatic rings. The van der Waals surface area contributed by atoms with Crippen molar-refractivity contribution < 1.29 is 4.39 Å². The molecule has 11 heavy (non-hydrogen) atoms. The van der Waals surface area contributed by atoms with Crippen LogP contribution in [0.15, 0.2) is 18.2 Å².